The molecule has 1 N–H and O–H groups in total. The molecular weight excluding hydrogens is 336 g/mol. The van der Waals surface area contributed by atoms with Gasteiger partial charge in [-0.1, -0.05) is 17.7 Å². The zero-order valence-corrected chi connectivity index (χ0v) is 15.3. The van der Waals surface area contributed by atoms with E-state index in [-0.39, 0.29) is 11.9 Å². The first-order chi connectivity index (χ1) is 12.0. The van der Waals surface area contributed by atoms with E-state index in [2.05, 4.69) is 10.3 Å². The van der Waals surface area contributed by atoms with E-state index >= 15 is 0 Å². The minimum atomic E-state index is -0.0894. The Morgan fingerprint density at radius 2 is 1.72 bits per heavy atom. The summed E-state index contributed by atoms with van der Waals surface area (Å²) in [5, 5.41) is 3.91. The smallest absolute Gasteiger partial charge is 0.317 e. The van der Waals surface area contributed by atoms with Crippen molar-refractivity contribution in [3.63, 3.8) is 0 Å². The highest BCUT2D eigenvalue weighted by Crippen LogP contribution is 2.12. The molecule has 1 fully saturated rings. The number of aryl methyl sites for hydroxylation is 2. The van der Waals surface area contributed by atoms with Gasteiger partial charge < -0.3 is 15.1 Å². The standard InChI is InChI=1S/C18H22N4O2S/c1-13-3-5-15(6-4-13)17(23)21-7-9-22(10-8-21)18(24)20-12-16-11-19-14(2)25-16/h3-6,11H,7-10,12H2,1-2H3,(H,20,24). The molecule has 0 atom stereocenters. The third-order valence-electron chi connectivity index (χ3n) is 4.24. The third kappa shape index (κ3) is 4.36. The molecule has 6 nitrogen and oxygen atoms in total. The fraction of sp³-hybridized carbons (Fsp3) is 0.389. The maximum Gasteiger partial charge on any atom is 0.317 e. The van der Waals surface area contributed by atoms with Crippen LogP contribution in [0.4, 0.5) is 4.79 Å². The summed E-state index contributed by atoms with van der Waals surface area (Å²) in [5.74, 6) is 0.0280. The highest BCUT2D eigenvalue weighted by atomic mass is 32.1. The maximum absolute atomic E-state index is 12.5. The average Bonchev–Trinajstić information content (AvgIpc) is 3.05. The zero-order valence-electron chi connectivity index (χ0n) is 14.5. The van der Waals surface area contributed by atoms with Gasteiger partial charge in [-0.2, -0.15) is 0 Å². The van der Waals surface area contributed by atoms with Crippen LogP contribution in [-0.4, -0.2) is 52.9 Å². The molecule has 1 aliphatic heterocycles. The molecule has 132 valence electrons. The zero-order chi connectivity index (χ0) is 17.8. The molecular formula is C18H22N4O2S. The van der Waals surface area contributed by atoms with E-state index in [4.69, 9.17) is 0 Å². The van der Waals surface area contributed by atoms with Gasteiger partial charge in [0.05, 0.1) is 11.6 Å². The quantitative estimate of drug-likeness (QED) is 0.916. The van der Waals surface area contributed by atoms with Crippen LogP contribution in [-0.2, 0) is 6.54 Å². The molecule has 0 spiro atoms. The predicted octanol–water partition coefficient (Wildman–Crippen LogP) is 2.43. The lowest BCUT2D eigenvalue weighted by Crippen LogP contribution is -2.53. The lowest BCUT2D eigenvalue weighted by atomic mass is 10.1. The molecule has 3 amide bonds. The van der Waals surface area contributed by atoms with Crippen LogP contribution in [0.15, 0.2) is 30.5 Å². The van der Waals surface area contributed by atoms with Gasteiger partial charge in [0, 0.05) is 42.8 Å². The monoisotopic (exact) mass is 358 g/mol. The molecule has 0 radical (unpaired) electrons. The van der Waals surface area contributed by atoms with Crippen LogP contribution in [0.5, 0.6) is 0 Å². The number of aromatic nitrogens is 1. The van der Waals surface area contributed by atoms with Gasteiger partial charge in [0.2, 0.25) is 0 Å². The minimum absolute atomic E-state index is 0.0280. The fourth-order valence-corrected chi connectivity index (χ4v) is 3.49. The molecule has 0 saturated carbocycles. The van der Waals surface area contributed by atoms with Gasteiger partial charge in [0.15, 0.2) is 0 Å². The van der Waals surface area contributed by atoms with Crippen molar-refractivity contribution < 1.29 is 9.59 Å². The number of rotatable bonds is 3. The fourth-order valence-electron chi connectivity index (χ4n) is 2.75. The minimum Gasteiger partial charge on any atom is -0.335 e. The second kappa shape index (κ2) is 7.65. The van der Waals surface area contributed by atoms with E-state index in [0.717, 1.165) is 15.4 Å². The lowest BCUT2D eigenvalue weighted by Gasteiger charge is -2.34. The third-order valence-corrected chi connectivity index (χ3v) is 5.15. The van der Waals surface area contributed by atoms with Gasteiger partial charge in [-0.05, 0) is 26.0 Å². The number of carbonyl (C=O) groups excluding carboxylic acids is 2. The molecule has 2 heterocycles. The molecule has 1 aromatic heterocycles. The molecule has 1 aromatic carbocycles. The summed E-state index contributed by atoms with van der Waals surface area (Å²) in [6.45, 7) is 6.64. The van der Waals surface area contributed by atoms with Crippen LogP contribution in [0.3, 0.4) is 0 Å². The van der Waals surface area contributed by atoms with Crippen molar-refractivity contribution in [3.8, 4) is 0 Å². The first-order valence-corrected chi connectivity index (χ1v) is 9.14. The Morgan fingerprint density at radius 1 is 1.08 bits per heavy atom. The number of piperazine rings is 1. The summed E-state index contributed by atoms with van der Waals surface area (Å²) in [7, 11) is 0. The summed E-state index contributed by atoms with van der Waals surface area (Å²) in [6.07, 6.45) is 1.79. The summed E-state index contributed by atoms with van der Waals surface area (Å²) in [4.78, 5) is 33.5. The Kier molecular flexibility index (Phi) is 5.33. The summed E-state index contributed by atoms with van der Waals surface area (Å²) in [5.41, 5.74) is 1.83. The van der Waals surface area contributed by atoms with E-state index in [1.807, 2.05) is 38.1 Å². The van der Waals surface area contributed by atoms with Crippen LogP contribution < -0.4 is 5.32 Å². The first kappa shape index (κ1) is 17.4. The number of nitrogens with one attached hydrogen (secondary N) is 1. The average molecular weight is 358 g/mol. The van der Waals surface area contributed by atoms with Crippen LogP contribution in [0.1, 0.15) is 25.8 Å². The van der Waals surface area contributed by atoms with E-state index in [9.17, 15) is 9.59 Å². The molecule has 1 aliphatic rings. The van der Waals surface area contributed by atoms with Crippen molar-refractivity contribution in [3.05, 3.63) is 51.5 Å². The van der Waals surface area contributed by atoms with E-state index in [1.54, 1.807) is 27.3 Å². The van der Waals surface area contributed by atoms with Gasteiger partial charge in [0.25, 0.3) is 5.91 Å². The maximum atomic E-state index is 12.5. The predicted molar refractivity (Wildman–Crippen MR) is 97.7 cm³/mol. The van der Waals surface area contributed by atoms with Crippen LogP contribution in [0.2, 0.25) is 0 Å². The Morgan fingerprint density at radius 3 is 2.32 bits per heavy atom. The van der Waals surface area contributed by atoms with Crippen LogP contribution in [0.25, 0.3) is 0 Å². The van der Waals surface area contributed by atoms with Crippen LogP contribution >= 0.6 is 11.3 Å². The first-order valence-electron chi connectivity index (χ1n) is 8.33. The number of thiazole rings is 1. The second-order valence-electron chi connectivity index (χ2n) is 6.15. The van der Waals surface area contributed by atoms with Crippen molar-refractivity contribution in [1.29, 1.82) is 0 Å². The highest BCUT2D eigenvalue weighted by Gasteiger charge is 2.24. The number of hydrogen-bond donors (Lipinski definition) is 1. The van der Waals surface area contributed by atoms with Crippen LogP contribution in [0, 0.1) is 13.8 Å². The molecule has 7 heteroatoms. The molecule has 25 heavy (non-hydrogen) atoms. The van der Waals surface area contributed by atoms with Crippen molar-refractivity contribution in [2.75, 3.05) is 26.2 Å². The number of nitrogens with zero attached hydrogens (tertiary/aromatic N) is 3. The Bertz CT molecular complexity index is 749. The lowest BCUT2D eigenvalue weighted by molar-refractivity contribution is 0.0665. The largest absolute Gasteiger partial charge is 0.335 e. The number of benzene rings is 1. The van der Waals surface area contributed by atoms with Gasteiger partial charge >= 0.3 is 6.03 Å². The Hall–Kier alpha value is -2.41. The molecule has 0 aliphatic carbocycles. The highest BCUT2D eigenvalue weighted by molar-refractivity contribution is 7.11. The summed E-state index contributed by atoms with van der Waals surface area (Å²) in [6, 6.07) is 7.51. The van der Waals surface area contributed by atoms with Crippen molar-refractivity contribution in [2.24, 2.45) is 0 Å². The SMILES string of the molecule is Cc1ccc(C(=O)N2CCN(C(=O)NCc3cnc(C)s3)CC2)cc1. The van der Waals surface area contributed by atoms with Crippen molar-refractivity contribution in [1.82, 2.24) is 20.1 Å². The molecule has 3 rings (SSSR count). The van der Waals surface area contributed by atoms with Gasteiger partial charge in [0.1, 0.15) is 0 Å². The molecule has 0 unspecified atom stereocenters. The molecule has 0 bridgehead atoms. The topological polar surface area (TPSA) is 65.5 Å². The normalized spacial score (nSPS) is 14.5. The van der Waals surface area contributed by atoms with Crippen molar-refractivity contribution >= 4 is 23.3 Å². The number of urea groups is 1. The van der Waals surface area contributed by atoms with E-state index in [1.165, 1.54) is 0 Å². The number of carbonyl (C=O) groups is 2. The van der Waals surface area contributed by atoms with E-state index in [0.29, 0.717) is 38.3 Å². The molecule has 2 aromatic rings. The number of hydrogen-bond acceptors (Lipinski definition) is 4. The van der Waals surface area contributed by atoms with E-state index < -0.39 is 0 Å². The number of amides is 3. The van der Waals surface area contributed by atoms with Crippen molar-refractivity contribution in [2.45, 2.75) is 20.4 Å². The molecule has 1 saturated heterocycles. The summed E-state index contributed by atoms with van der Waals surface area (Å²) >= 11 is 1.58. The summed E-state index contributed by atoms with van der Waals surface area (Å²) < 4.78 is 0. The Labute approximate surface area is 151 Å². The second-order valence-corrected chi connectivity index (χ2v) is 7.47. The Balaban J connectivity index is 1.48. The van der Waals surface area contributed by atoms with Gasteiger partial charge in [-0.3, -0.25) is 4.79 Å². The van der Waals surface area contributed by atoms with Gasteiger partial charge in [-0.25, -0.2) is 9.78 Å². The van der Waals surface area contributed by atoms with Gasteiger partial charge in [-0.15, -0.1) is 11.3 Å².